The Hall–Kier alpha value is -3.86. The number of carbonyl (C=O) groups excluding carboxylic acids is 1. The number of para-hydroxylation sites is 1. The van der Waals surface area contributed by atoms with Gasteiger partial charge in [-0.3, -0.25) is 4.79 Å². The van der Waals surface area contributed by atoms with Gasteiger partial charge < -0.3 is 15.2 Å². The number of hydrogen-bond acceptors (Lipinski definition) is 3. The summed E-state index contributed by atoms with van der Waals surface area (Å²) in [7, 11) is 0. The third-order valence-corrected chi connectivity index (χ3v) is 3.66. The van der Waals surface area contributed by atoms with E-state index in [0.717, 1.165) is 0 Å². The summed E-state index contributed by atoms with van der Waals surface area (Å²) in [5.41, 5.74) is 0.751. The van der Waals surface area contributed by atoms with Gasteiger partial charge in [-0.25, -0.2) is 4.79 Å². The van der Waals surface area contributed by atoms with Gasteiger partial charge in [-0.1, -0.05) is 48.5 Å². The van der Waals surface area contributed by atoms with Crippen LogP contribution in [0.15, 0.2) is 90.6 Å². The quantitative estimate of drug-likeness (QED) is 0.642. The van der Waals surface area contributed by atoms with E-state index in [1.807, 2.05) is 30.3 Å². The summed E-state index contributed by atoms with van der Waals surface area (Å²) >= 11 is 0. The molecule has 3 aromatic rings. The summed E-state index contributed by atoms with van der Waals surface area (Å²) in [6, 6.07) is 24.6. The molecule has 1 amide bonds. The summed E-state index contributed by atoms with van der Waals surface area (Å²) in [5, 5.41) is 11.9. The maximum absolute atomic E-state index is 12.2. The van der Waals surface area contributed by atoms with Gasteiger partial charge in [0.15, 0.2) is 0 Å². The summed E-state index contributed by atoms with van der Waals surface area (Å²) in [6.07, 6.45) is 1.39. The highest BCUT2D eigenvalue weighted by atomic mass is 16.5. The van der Waals surface area contributed by atoms with Crippen molar-refractivity contribution in [3.63, 3.8) is 0 Å². The predicted molar refractivity (Wildman–Crippen MR) is 102 cm³/mol. The van der Waals surface area contributed by atoms with Crippen molar-refractivity contribution in [1.29, 1.82) is 0 Å². The van der Waals surface area contributed by atoms with Crippen molar-refractivity contribution in [2.75, 3.05) is 0 Å². The molecule has 0 aliphatic rings. The molecule has 0 aliphatic heterocycles. The number of carboxylic acid groups (broad SMARTS) is 1. The van der Waals surface area contributed by atoms with Crippen LogP contribution in [-0.4, -0.2) is 17.0 Å². The molecule has 0 bridgehead atoms. The fourth-order valence-corrected chi connectivity index (χ4v) is 2.39. The first-order valence-electron chi connectivity index (χ1n) is 8.26. The van der Waals surface area contributed by atoms with Crippen molar-refractivity contribution in [3.05, 3.63) is 102 Å². The molecule has 0 saturated heterocycles. The van der Waals surface area contributed by atoms with Crippen molar-refractivity contribution >= 4 is 18.0 Å². The van der Waals surface area contributed by atoms with E-state index in [-0.39, 0.29) is 5.70 Å². The highest BCUT2D eigenvalue weighted by molar-refractivity contribution is 6.02. The molecule has 0 aromatic heterocycles. The van der Waals surface area contributed by atoms with Crippen LogP contribution >= 0.6 is 0 Å². The lowest BCUT2D eigenvalue weighted by molar-refractivity contribution is -0.132. The molecule has 27 heavy (non-hydrogen) atoms. The Morgan fingerprint density at radius 2 is 1.44 bits per heavy atom. The van der Waals surface area contributed by atoms with E-state index in [9.17, 15) is 14.7 Å². The zero-order chi connectivity index (χ0) is 19.1. The van der Waals surface area contributed by atoms with Crippen LogP contribution in [0.2, 0.25) is 0 Å². The first-order chi connectivity index (χ1) is 13.1. The SMILES string of the molecule is O=C(O)/C(=C\c1cccc(Oc2ccccc2)c1)NC(=O)c1ccccc1. The van der Waals surface area contributed by atoms with E-state index >= 15 is 0 Å². The summed E-state index contributed by atoms with van der Waals surface area (Å²) in [6.45, 7) is 0. The van der Waals surface area contributed by atoms with Crippen LogP contribution in [0, 0.1) is 0 Å². The molecule has 2 N–H and O–H groups in total. The molecule has 3 rings (SSSR count). The van der Waals surface area contributed by atoms with Crippen molar-refractivity contribution in [1.82, 2.24) is 5.32 Å². The van der Waals surface area contributed by atoms with E-state index < -0.39 is 11.9 Å². The summed E-state index contributed by atoms with van der Waals surface area (Å²) in [4.78, 5) is 23.8. The van der Waals surface area contributed by atoms with E-state index in [4.69, 9.17) is 4.74 Å². The van der Waals surface area contributed by atoms with Crippen LogP contribution in [-0.2, 0) is 4.79 Å². The van der Waals surface area contributed by atoms with Crippen LogP contribution < -0.4 is 10.1 Å². The van der Waals surface area contributed by atoms with Gasteiger partial charge in [0.1, 0.15) is 17.2 Å². The Bertz CT molecular complexity index is 966. The van der Waals surface area contributed by atoms with E-state index in [2.05, 4.69) is 5.32 Å². The molecule has 3 aromatic carbocycles. The molecule has 5 heteroatoms. The monoisotopic (exact) mass is 359 g/mol. The number of ether oxygens (including phenoxy) is 1. The number of nitrogens with one attached hydrogen (secondary N) is 1. The Kier molecular flexibility index (Phi) is 5.64. The second kappa shape index (κ2) is 8.49. The average Bonchev–Trinajstić information content (AvgIpc) is 2.69. The van der Waals surface area contributed by atoms with Crippen LogP contribution in [0.25, 0.3) is 6.08 Å². The van der Waals surface area contributed by atoms with Crippen LogP contribution in [0.5, 0.6) is 11.5 Å². The van der Waals surface area contributed by atoms with E-state index in [1.165, 1.54) is 6.08 Å². The smallest absolute Gasteiger partial charge is 0.352 e. The molecule has 134 valence electrons. The van der Waals surface area contributed by atoms with Gasteiger partial charge >= 0.3 is 5.97 Å². The lowest BCUT2D eigenvalue weighted by atomic mass is 10.1. The Morgan fingerprint density at radius 1 is 0.815 bits per heavy atom. The van der Waals surface area contributed by atoms with Gasteiger partial charge in [0, 0.05) is 5.56 Å². The van der Waals surface area contributed by atoms with Gasteiger partial charge in [0.05, 0.1) is 0 Å². The van der Waals surface area contributed by atoms with Gasteiger partial charge in [-0.2, -0.15) is 0 Å². The highest BCUT2D eigenvalue weighted by Crippen LogP contribution is 2.22. The lowest BCUT2D eigenvalue weighted by Gasteiger charge is -2.08. The second-order valence-electron chi connectivity index (χ2n) is 5.67. The van der Waals surface area contributed by atoms with Crippen molar-refractivity contribution in [2.24, 2.45) is 0 Å². The molecule has 0 radical (unpaired) electrons. The number of carbonyl (C=O) groups is 2. The number of benzene rings is 3. The fraction of sp³-hybridized carbons (Fsp3) is 0. The maximum atomic E-state index is 12.2. The Balaban J connectivity index is 1.80. The molecule has 0 aliphatic carbocycles. The number of amides is 1. The zero-order valence-electron chi connectivity index (χ0n) is 14.3. The predicted octanol–water partition coefficient (Wildman–Crippen LogP) is 4.33. The normalized spacial score (nSPS) is 10.9. The number of carboxylic acids is 1. The molecule has 0 saturated carbocycles. The third kappa shape index (κ3) is 5.06. The number of aliphatic carboxylic acids is 1. The number of hydrogen-bond donors (Lipinski definition) is 2. The topological polar surface area (TPSA) is 75.6 Å². The molecule has 0 unspecified atom stereocenters. The minimum Gasteiger partial charge on any atom is -0.477 e. The molecule has 0 heterocycles. The van der Waals surface area contributed by atoms with Gasteiger partial charge in [-0.05, 0) is 48.0 Å². The first kappa shape index (κ1) is 17.9. The standard InChI is InChI=1S/C22H17NO4/c24-21(17-9-3-1-4-10-17)23-20(22(25)26)15-16-8-7-13-19(14-16)27-18-11-5-2-6-12-18/h1-15H,(H,23,24)(H,25,26)/b20-15+. The average molecular weight is 359 g/mol. The lowest BCUT2D eigenvalue weighted by Crippen LogP contribution is -2.27. The second-order valence-corrected chi connectivity index (χ2v) is 5.67. The van der Waals surface area contributed by atoms with Gasteiger partial charge in [0.25, 0.3) is 5.91 Å². The highest BCUT2D eigenvalue weighted by Gasteiger charge is 2.13. The van der Waals surface area contributed by atoms with Crippen LogP contribution in [0.4, 0.5) is 0 Å². The van der Waals surface area contributed by atoms with Crippen LogP contribution in [0.3, 0.4) is 0 Å². The molecular weight excluding hydrogens is 342 g/mol. The van der Waals surface area contributed by atoms with Crippen molar-refractivity contribution in [3.8, 4) is 11.5 Å². The summed E-state index contributed by atoms with van der Waals surface area (Å²) < 4.78 is 5.75. The van der Waals surface area contributed by atoms with E-state index in [1.54, 1.807) is 54.6 Å². The first-order valence-corrected chi connectivity index (χ1v) is 8.26. The molecule has 0 atom stereocenters. The molecule has 0 fully saturated rings. The largest absolute Gasteiger partial charge is 0.477 e. The molecular formula is C22H17NO4. The molecule has 5 nitrogen and oxygen atoms in total. The van der Waals surface area contributed by atoms with Crippen molar-refractivity contribution < 1.29 is 19.4 Å². The zero-order valence-corrected chi connectivity index (χ0v) is 14.3. The third-order valence-electron chi connectivity index (χ3n) is 3.66. The minimum atomic E-state index is -1.23. The Labute approximate surface area is 156 Å². The van der Waals surface area contributed by atoms with Crippen molar-refractivity contribution in [2.45, 2.75) is 0 Å². The van der Waals surface area contributed by atoms with Crippen LogP contribution in [0.1, 0.15) is 15.9 Å². The Morgan fingerprint density at radius 3 is 2.11 bits per heavy atom. The molecule has 0 spiro atoms. The van der Waals surface area contributed by atoms with E-state index in [0.29, 0.717) is 22.6 Å². The van der Waals surface area contributed by atoms with Gasteiger partial charge in [-0.15, -0.1) is 0 Å². The minimum absolute atomic E-state index is 0.222. The summed E-state index contributed by atoms with van der Waals surface area (Å²) in [5.74, 6) is -0.474. The maximum Gasteiger partial charge on any atom is 0.352 e. The number of rotatable bonds is 6. The fourth-order valence-electron chi connectivity index (χ4n) is 2.39. The van der Waals surface area contributed by atoms with Gasteiger partial charge in [0.2, 0.25) is 0 Å².